The minimum atomic E-state index is -0.0438. The first-order valence-corrected chi connectivity index (χ1v) is 7.24. The van der Waals surface area contributed by atoms with Crippen LogP contribution in [0.25, 0.3) is 11.0 Å². The Bertz CT molecular complexity index is 752. The van der Waals surface area contributed by atoms with Crippen molar-refractivity contribution in [3.63, 3.8) is 0 Å². The molecule has 4 nitrogen and oxygen atoms in total. The fourth-order valence-corrected chi connectivity index (χ4v) is 2.71. The van der Waals surface area contributed by atoms with E-state index in [9.17, 15) is 4.79 Å². The summed E-state index contributed by atoms with van der Waals surface area (Å²) in [6, 6.07) is 12.0. The van der Waals surface area contributed by atoms with Gasteiger partial charge >= 0.3 is 0 Å². The van der Waals surface area contributed by atoms with Crippen LogP contribution in [0.2, 0.25) is 0 Å². The van der Waals surface area contributed by atoms with E-state index in [1.165, 1.54) is 12.5 Å². The molecule has 2 aromatic heterocycles. The standard InChI is InChI=1S/C15H13N3OS/c1-11(19)18-8-7-13-9-16-15(17-14(13)18)20-10-12-5-3-2-4-6-12/h2-9H,10H2,1H3. The second-order valence-electron chi connectivity index (χ2n) is 4.41. The van der Waals surface area contributed by atoms with Gasteiger partial charge in [0.15, 0.2) is 10.8 Å². The zero-order chi connectivity index (χ0) is 13.9. The van der Waals surface area contributed by atoms with Crippen LogP contribution in [-0.4, -0.2) is 20.4 Å². The zero-order valence-corrected chi connectivity index (χ0v) is 11.8. The molecule has 1 aromatic carbocycles. The Kier molecular flexibility index (Phi) is 3.52. The van der Waals surface area contributed by atoms with E-state index in [1.54, 1.807) is 28.7 Å². The summed E-state index contributed by atoms with van der Waals surface area (Å²) in [4.78, 5) is 20.3. The van der Waals surface area contributed by atoms with Crippen LogP contribution >= 0.6 is 11.8 Å². The summed E-state index contributed by atoms with van der Waals surface area (Å²) in [5.74, 6) is 0.769. The highest BCUT2D eigenvalue weighted by Gasteiger charge is 2.08. The average molecular weight is 283 g/mol. The molecule has 0 aliphatic carbocycles. The van der Waals surface area contributed by atoms with E-state index in [0.717, 1.165) is 11.1 Å². The molecule has 0 N–H and O–H groups in total. The molecule has 20 heavy (non-hydrogen) atoms. The van der Waals surface area contributed by atoms with Crippen LogP contribution < -0.4 is 0 Å². The lowest BCUT2D eigenvalue weighted by molar-refractivity contribution is 0.0941. The smallest absolute Gasteiger partial charge is 0.229 e. The number of thioether (sulfide) groups is 1. The second-order valence-corrected chi connectivity index (χ2v) is 5.35. The molecular formula is C15H13N3OS. The van der Waals surface area contributed by atoms with Crippen LogP contribution in [0.4, 0.5) is 0 Å². The van der Waals surface area contributed by atoms with Gasteiger partial charge in [-0.05, 0) is 11.6 Å². The molecule has 0 amide bonds. The third kappa shape index (κ3) is 2.58. The Morgan fingerprint density at radius 1 is 1.25 bits per heavy atom. The van der Waals surface area contributed by atoms with Crippen molar-refractivity contribution in [2.75, 3.05) is 0 Å². The van der Waals surface area contributed by atoms with Gasteiger partial charge in [-0.25, -0.2) is 9.97 Å². The van der Waals surface area contributed by atoms with Gasteiger partial charge < -0.3 is 0 Å². The lowest BCUT2D eigenvalue weighted by Gasteiger charge is -2.02. The van der Waals surface area contributed by atoms with E-state index in [-0.39, 0.29) is 5.91 Å². The molecule has 0 aliphatic rings. The van der Waals surface area contributed by atoms with Crippen molar-refractivity contribution >= 4 is 28.7 Å². The average Bonchev–Trinajstić information content (AvgIpc) is 2.89. The van der Waals surface area contributed by atoms with E-state index in [1.807, 2.05) is 24.3 Å². The Hall–Kier alpha value is -2.14. The van der Waals surface area contributed by atoms with E-state index < -0.39 is 0 Å². The predicted molar refractivity (Wildman–Crippen MR) is 79.8 cm³/mol. The maximum atomic E-state index is 11.5. The van der Waals surface area contributed by atoms with Gasteiger partial charge in [0.1, 0.15) is 0 Å². The third-order valence-corrected chi connectivity index (χ3v) is 3.89. The van der Waals surface area contributed by atoms with Crippen LogP contribution in [0.3, 0.4) is 0 Å². The van der Waals surface area contributed by atoms with Gasteiger partial charge in [-0.2, -0.15) is 0 Å². The summed E-state index contributed by atoms with van der Waals surface area (Å²) in [6.07, 6.45) is 3.49. The molecule has 0 saturated carbocycles. The first kappa shape index (κ1) is 12.9. The molecule has 3 aromatic rings. The largest absolute Gasteiger partial charge is 0.274 e. The number of rotatable bonds is 3. The highest BCUT2D eigenvalue weighted by atomic mass is 32.2. The fraction of sp³-hybridized carbons (Fsp3) is 0.133. The summed E-state index contributed by atoms with van der Waals surface area (Å²) in [7, 11) is 0. The summed E-state index contributed by atoms with van der Waals surface area (Å²) >= 11 is 1.57. The van der Waals surface area contributed by atoms with Crippen molar-refractivity contribution in [1.29, 1.82) is 0 Å². The van der Waals surface area contributed by atoms with Crippen LogP contribution in [0, 0.1) is 0 Å². The maximum absolute atomic E-state index is 11.5. The molecule has 0 unspecified atom stereocenters. The maximum Gasteiger partial charge on any atom is 0.229 e. The molecule has 2 heterocycles. The Labute approximate surface area is 120 Å². The van der Waals surface area contributed by atoms with Crippen LogP contribution in [-0.2, 0) is 5.75 Å². The van der Waals surface area contributed by atoms with Gasteiger partial charge in [0.05, 0.1) is 0 Å². The number of carbonyl (C=O) groups excluding carboxylic acids is 1. The summed E-state index contributed by atoms with van der Waals surface area (Å²) < 4.78 is 1.55. The van der Waals surface area contributed by atoms with Crippen LogP contribution in [0.15, 0.2) is 53.9 Å². The molecule has 100 valence electrons. The van der Waals surface area contributed by atoms with Gasteiger partial charge in [0.2, 0.25) is 5.91 Å². The Morgan fingerprint density at radius 3 is 2.80 bits per heavy atom. The molecule has 5 heteroatoms. The SMILES string of the molecule is CC(=O)n1ccc2cnc(SCc3ccccc3)nc21. The van der Waals surface area contributed by atoms with Gasteiger partial charge in [-0.1, -0.05) is 42.1 Å². The predicted octanol–water partition coefficient (Wildman–Crippen LogP) is 3.38. The van der Waals surface area contributed by atoms with E-state index in [2.05, 4.69) is 22.1 Å². The minimum Gasteiger partial charge on any atom is -0.274 e. The van der Waals surface area contributed by atoms with E-state index >= 15 is 0 Å². The quantitative estimate of drug-likeness (QED) is 0.546. The number of benzene rings is 1. The number of aromatic nitrogens is 3. The van der Waals surface area contributed by atoms with Crippen molar-refractivity contribution < 1.29 is 4.79 Å². The molecule has 0 atom stereocenters. The molecular weight excluding hydrogens is 270 g/mol. The van der Waals surface area contributed by atoms with Crippen LogP contribution in [0.5, 0.6) is 0 Å². The number of carbonyl (C=O) groups is 1. The summed E-state index contributed by atoms with van der Waals surface area (Å²) in [6.45, 7) is 1.53. The molecule has 0 aliphatic heterocycles. The van der Waals surface area contributed by atoms with Crippen molar-refractivity contribution in [3.05, 3.63) is 54.4 Å². The normalized spacial score (nSPS) is 10.8. The summed E-state index contributed by atoms with van der Waals surface area (Å²) in [5.41, 5.74) is 1.89. The first-order valence-electron chi connectivity index (χ1n) is 6.26. The van der Waals surface area contributed by atoms with Gasteiger partial charge in [-0.3, -0.25) is 9.36 Å². The van der Waals surface area contributed by atoms with E-state index in [0.29, 0.717) is 10.8 Å². The Balaban J connectivity index is 1.85. The lowest BCUT2D eigenvalue weighted by atomic mass is 10.2. The molecule has 0 bridgehead atoms. The highest BCUT2D eigenvalue weighted by Crippen LogP contribution is 2.21. The van der Waals surface area contributed by atoms with Crippen molar-refractivity contribution in [3.8, 4) is 0 Å². The van der Waals surface area contributed by atoms with Crippen LogP contribution in [0.1, 0.15) is 17.3 Å². The molecule has 0 radical (unpaired) electrons. The molecule has 0 fully saturated rings. The van der Waals surface area contributed by atoms with E-state index in [4.69, 9.17) is 0 Å². The van der Waals surface area contributed by atoms with Gasteiger partial charge in [-0.15, -0.1) is 0 Å². The second kappa shape index (κ2) is 5.46. The van der Waals surface area contributed by atoms with Crippen molar-refractivity contribution in [2.24, 2.45) is 0 Å². The topological polar surface area (TPSA) is 47.8 Å². The molecule has 0 saturated heterocycles. The highest BCUT2D eigenvalue weighted by molar-refractivity contribution is 7.98. The number of fused-ring (bicyclic) bond motifs is 1. The number of hydrogen-bond donors (Lipinski definition) is 0. The van der Waals surface area contributed by atoms with Crippen molar-refractivity contribution in [2.45, 2.75) is 17.8 Å². The summed E-state index contributed by atoms with van der Waals surface area (Å²) in [5, 5.41) is 1.56. The Morgan fingerprint density at radius 2 is 2.05 bits per heavy atom. The van der Waals surface area contributed by atoms with Gasteiger partial charge in [0.25, 0.3) is 0 Å². The fourth-order valence-electron chi connectivity index (χ4n) is 1.95. The monoisotopic (exact) mass is 283 g/mol. The van der Waals surface area contributed by atoms with Gasteiger partial charge in [0, 0.05) is 30.5 Å². The zero-order valence-electron chi connectivity index (χ0n) is 11.0. The number of hydrogen-bond acceptors (Lipinski definition) is 4. The molecule has 0 spiro atoms. The molecule has 3 rings (SSSR count). The van der Waals surface area contributed by atoms with Crippen molar-refractivity contribution in [1.82, 2.24) is 14.5 Å². The number of nitrogens with zero attached hydrogens (tertiary/aromatic N) is 3. The first-order chi connectivity index (χ1) is 9.74. The minimum absolute atomic E-state index is 0.0438. The lowest BCUT2D eigenvalue weighted by Crippen LogP contribution is -2.04. The third-order valence-electron chi connectivity index (χ3n) is 2.96.